The van der Waals surface area contributed by atoms with E-state index < -0.39 is 0 Å². The maximum atomic E-state index is 12.6. The third-order valence-electron chi connectivity index (χ3n) is 5.18. The number of hydrogen-bond acceptors (Lipinski definition) is 2. The van der Waals surface area contributed by atoms with Gasteiger partial charge in [0.05, 0.1) is 6.04 Å². The summed E-state index contributed by atoms with van der Waals surface area (Å²) in [6.07, 6.45) is 4.72. The second kappa shape index (κ2) is 9.95. The highest BCUT2D eigenvalue weighted by Gasteiger charge is 2.27. The van der Waals surface area contributed by atoms with Gasteiger partial charge in [-0.3, -0.25) is 9.59 Å². The highest BCUT2D eigenvalue weighted by atomic mass is 35.5. The molecule has 1 N–H and O–H groups in total. The fraction of sp³-hybridized carbons (Fsp3) is 0.304. The quantitative estimate of drug-likeness (QED) is 0.668. The van der Waals surface area contributed by atoms with E-state index in [1.807, 2.05) is 49.4 Å². The molecule has 4 nitrogen and oxygen atoms in total. The van der Waals surface area contributed by atoms with E-state index in [9.17, 15) is 9.59 Å². The number of nitrogens with one attached hydrogen (secondary N) is 1. The third kappa shape index (κ3) is 5.84. The first-order chi connectivity index (χ1) is 13.9. The maximum absolute atomic E-state index is 12.6. The highest BCUT2D eigenvalue weighted by Crippen LogP contribution is 2.27. The zero-order valence-corrected chi connectivity index (χ0v) is 17.8. The lowest BCUT2D eigenvalue weighted by atomic mass is 9.95. The molecule has 2 aromatic carbocycles. The van der Waals surface area contributed by atoms with Gasteiger partial charge in [-0.15, -0.1) is 0 Å². The summed E-state index contributed by atoms with van der Waals surface area (Å²) in [7, 11) is 0. The first-order valence-corrected chi connectivity index (χ1v) is 10.5. The van der Waals surface area contributed by atoms with Crippen LogP contribution in [0.5, 0.6) is 0 Å². The number of likely N-dealkylation sites (tertiary alicyclic amines) is 1. The standard InChI is InChI=1S/C23H24Cl2N2O2/c1-16(20-9-8-19(24)15-21(20)25)26-23(29)18-11-13-27(14-12-18)22(28)10-7-17-5-3-2-4-6-17/h2-10,15-16,18H,11-14H2,1H3,(H,26,29)/b10-7+/t16-/m0/s1. The van der Waals surface area contributed by atoms with Crippen molar-refractivity contribution in [2.75, 3.05) is 13.1 Å². The molecule has 1 fully saturated rings. The Bertz CT molecular complexity index is 891. The largest absolute Gasteiger partial charge is 0.349 e. The molecule has 1 atom stereocenters. The van der Waals surface area contributed by atoms with Crippen molar-refractivity contribution in [2.45, 2.75) is 25.8 Å². The predicted molar refractivity (Wildman–Crippen MR) is 118 cm³/mol. The fourth-order valence-corrected chi connectivity index (χ4v) is 4.03. The summed E-state index contributed by atoms with van der Waals surface area (Å²) in [4.78, 5) is 26.8. The molecule has 0 aromatic heterocycles. The molecule has 29 heavy (non-hydrogen) atoms. The average molecular weight is 431 g/mol. The number of nitrogens with zero attached hydrogens (tertiary/aromatic N) is 1. The molecule has 2 amide bonds. The smallest absolute Gasteiger partial charge is 0.246 e. The zero-order valence-electron chi connectivity index (χ0n) is 16.3. The molecule has 1 saturated heterocycles. The summed E-state index contributed by atoms with van der Waals surface area (Å²) in [5.41, 5.74) is 1.83. The van der Waals surface area contributed by atoms with Gasteiger partial charge in [-0.1, -0.05) is 59.6 Å². The van der Waals surface area contributed by atoms with Gasteiger partial charge in [-0.2, -0.15) is 0 Å². The Kier molecular flexibility index (Phi) is 7.34. The van der Waals surface area contributed by atoms with Crippen molar-refractivity contribution in [1.29, 1.82) is 0 Å². The number of hydrogen-bond donors (Lipinski definition) is 1. The predicted octanol–water partition coefficient (Wildman–Crippen LogP) is 5.12. The summed E-state index contributed by atoms with van der Waals surface area (Å²) in [5, 5.41) is 4.14. The van der Waals surface area contributed by atoms with E-state index in [4.69, 9.17) is 23.2 Å². The van der Waals surface area contributed by atoms with Crippen molar-refractivity contribution in [2.24, 2.45) is 5.92 Å². The average Bonchev–Trinajstić information content (AvgIpc) is 2.72. The van der Waals surface area contributed by atoms with Gasteiger partial charge in [0.25, 0.3) is 0 Å². The molecule has 0 unspecified atom stereocenters. The first kappa shape index (κ1) is 21.4. The summed E-state index contributed by atoms with van der Waals surface area (Å²) < 4.78 is 0. The van der Waals surface area contributed by atoms with E-state index in [1.54, 1.807) is 23.1 Å². The van der Waals surface area contributed by atoms with Crippen LogP contribution in [0.2, 0.25) is 10.0 Å². The maximum Gasteiger partial charge on any atom is 0.246 e. The van der Waals surface area contributed by atoms with Gasteiger partial charge in [0.1, 0.15) is 0 Å². The van der Waals surface area contributed by atoms with Crippen LogP contribution in [0.15, 0.2) is 54.6 Å². The van der Waals surface area contributed by atoms with Crippen molar-refractivity contribution in [3.8, 4) is 0 Å². The Morgan fingerprint density at radius 2 is 1.79 bits per heavy atom. The molecule has 1 aliphatic heterocycles. The Balaban J connectivity index is 1.50. The second-order valence-electron chi connectivity index (χ2n) is 7.24. The van der Waals surface area contributed by atoms with Crippen molar-refractivity contribution in [3.05, 3.63) is 75.8 Å². The summed E-state index contributed by atoms with van der Waals surface area (Å²) >= 11 is 12.2. The molecule has 6 heteroatoms. The summed E-state index contributed by atoms with van der Waals surface area (Å²) in [6, 6.07) is 14.8. The molecule has 152 valence electrons. The van der Waals surface area contributed by atoms with Gasteiger partial charge in [-0.25, -0.2) is 0 Å². The van der Waals surface area contributed by atoms with E-state index in [0.29, 0.717) is 36.0 Å². The molecule has 0 radical (unpaired) electrons. The zero-order chi connectivity index (χ0) is 20.8. The van der Waals surface area contributed by atoms with Gasteiger partial charge < -0.3 is 10.2 Å². The topological polar surface area (TPSA) is 49.4 Å². The van der Waals surface area contributed by atoms with Crippen LogP contribution in [0.4, 0.5) is 0 Å². The van der Waals surface area contributed by atoms with E-state index in [2.05, 4.69) is 5.32 Å². The summed E-state index contributed by atoms with van der Waals surface area (Å²) in [6.45, 7) is 3.05. The number of halogens is 2. The van der Waals surface area contributed by atoms with E-state index in [-0.39, 0.29) is 23.8 Å². The lowest BCUT2D eigenvalue weighted by Gasteiger charge is -2.31. The number of benzene rings is 2. The van der Waals surface area contributed by atoms with Crippen LogP contribution < -0.4 is 5.32 Å². The minimum absolute atomic E-state index is 0.00422. The Morgan fingerprint density at radius 3 is 2.45 bits per heavy atom. The van der Waals surface area contributed by atoms with Crippen molar-refractivity contribution >= 4 is 41.1 Å². The van der Waals surface area contributed by atoms with Crippen molar-refractivity contribution in [1.82, 2.24) is 10.2 Å². The molecule has 0 spiro atoms. The van der Waals surface area contributed by atoms with Gasteiger partial charge in [-0.05, 0) is 49.1 Å². The van der Waals surface area contributed by atoms with Crippen LogP contribution in [0.3, 0.4) is 0 Å². The molecule has 3 rings (SSSR count). The van der Waals surface area contributed by atoms with Gasteiger partial charge >= 0.3 is 0 Å². The lowest BCUT2D eigenvalue weighted by molar-refractivity contribution is -0.132. The van der Waals surface area contributed by atoms with Crippen LogP contribution in [0.25, 0.3) is 6.08 Å². The van der Waals surface area contributed by atoms with E-state index >= 15 is 0 Å². The van der Waals surface area contributed by atoms with E-state index in [0.717, 1.165) is 11.1 Å². The van der Waals surface area contributed by atoms with Crippen LogP contribution in [0.1, 0.15) is 36.9 Å². The van der Waals surface area contributed by atoms with Gasteiger partial charge in [0.15, 0.2) is 0 Å². The Labute approximate surface area is 181 Å². The number of carbonyl (C=O) groups excluding carboxylic acids is 2. The second-order valence-corrected chi connectivity index (χ2v) is 8.08. The SMILES string of the molecule is C[C@H](NC(=O)C1CCN(C(=O)/C=C/c2ccccc2)CC1)c1ccc(Cl)cc1Cl. The molecule has 1 heterocycles. The third-order valence-corrected chi connectivity index (χ3v) is 5.75. The van der Waals surface area contributed by atoms with Gasteiger partial charge in [0.2, 0.25) is 11.8 Å². The molecule has 0 bridgehead atoms. The molecule has 1 aliphatic rings. The van der Waals surface area contributed by atoms with Crippen molar-refractivity contribution in [3.63, 3.8) is 0 Å². The van der Waals surface area contributed by atoms with Crippen LogP contribution in [0, 0.1) is 5.92 Å². The molecule has 2 aromatic rings. The number of carbonyl (C=O) groups is 2. The Morgan fingerprint density at radius 1 is 1.10 bits per heavy atom. The number of piperidine rings is 1. The highest BCUT2D eigenvalue weighted by molar-refractivity contribution is 6.35. The molecule has 0 aliphatic carbocycles. The first-order valence-electron chi connectivity index (χ1n) is 9.71. The van der Waals surface area contributed by atoms with E-state index in [1.165, 1.54) is 0 Å². The normalized spacial score (nSPS) is 16.0. The lowest BCUT2D eigenvalue weighted by Crippen LogP contribution is -2.43. The van der Waals surface area contributed by atoms with Crippen LogP contribution >= 0.6 is 23.2 Å². The van der Waals surface area contributed by atoms with Gasteiger partial charge in [0, 0.05) is 35.1 Å². The van der Waals surface area contributed by atoms with Crippen molar-refractivity contribution < 1.29 is 9.59 Å². The van der Waals surface area contributed by atoms with Crippen LogP contribution in [-0.4, -0.2) is 29.8 Å². The fourth-order valence-electron chi connectivity index (χ4n) is 3.46. The molecular formula is C23H24Cl2N2O2. The monoisotopic (exact) mass is 430 g/mol. The summed E-state index contributed by atoms with van der Waals surface area (Å²) in [5.74, 6) is -0.129. The molecular weight excluding hydrogens is 407 g/mol. The minimum atomic E-state index is -0.208. The Hall–Kier alpha value is -2.30. The van der Waals surface area contributed by atoms with Crippen LogP contribution in [-0.2, 0) is 9.59 Å². The minimum Gasteiger partial charge on any atom is -0.349 e. The number of amides is 2. The number of rotatable bonds is 5. The molecule has 0 saturated carbocycles.